The summed E-state index contributed by atoms with van der Waals surface area (Å²) in [6.07, 6.45) is 10.8. The Morgan fingerprint density at radius 3 is 2.03 bits per heavy atom. The molecule has 0 aromatic heterocycles. The van der Waals surface area contributed by atoms with Crippen molar-refractivity contribution in [2.24, 2.45) is 0 Å². The molecule has 1 unspecified atom stereocenters. The van der Waals surface area contributed by atoms with Gasteiger partial charge in [-0.2, -0.15) is 0 Å². The second-order valence-electron chi connectivity index (χ2n) is 8.35. The van der Waals surface area contributed by atoms with Crippen LogP contribution in [0.2, 0.25) is 0 Å². The number of Topliss-reactive ketones (excluding diaryl/α,β-unsaturated/α-hetero) is 1. The standard InChI is InChI=1S/C24H42O7/c1-2-3-4-5-6-7-8-9-10-11-12-13-14-15-16-17-18(25)19(26)23-21(28)20(27)22(29)24(30)31-23/h6-7,9-10,19-24,26-30H,2-5,8,11-17H2,1H3/b7-6-,10-9-/t19?,20-,21-,22+,23+,24+/m0/s1. The molecule has 0 aromatic rings. The van der Waals surface area contributed by atoms with Crippen molar-refractivity contribution >= 4 is 5.78 Å². The lowest BCUT2D eigenvalue weighted by molar-refractivity contribution is -0.294. The van der Waals surface area contributed by atoms with Gasteiger partial charge in [0, 0.05) is 6.42 Å². The maximum atomic E-state index is 12.1. The molecule has 31 heavy (non-hydrogen) atoms. The molecule has 5 N–H and O–H groups in total. The quantitative estimate of drug-likeness (QED) is 0.184. The molecule has 0 aliphatic carbocycles. The third-order valence-corrected chi connectivity index (χ3v) is 5.64. The first kappa shape index (κ1) is 27.9. The van der Waals surface area contributed by atoms with E-state index in [-0.39, 0.29) is 6.42 Å². The maximum absolute atomic E-state index is 12.1. The molecule has 0 saturated carbocycles. The fourth-order valence-electron chi connectivity index (χ4n) is 3.59. The van der Waals surface area contributed by atoms with Gasteiger partial charge in [0.2, 0.25) is 0 Å². The average Bonchev–Trinajstić information content (AvgIpc) is 2.76. The minimum absolute atomic E-state index is 0.132. The third-order valence-electron chi connectivity index (χ3n) is 5.64. The third kappa shape index (κ3) is 10.9. The van der Waals surface area contributed by atoms with Crippen LogP contribution in [0.5, 0.6) is 0 Å². The molecule has 0 bridgehead atoms. The van der Waals surface area contributed by atoms with E-state index in [1.54, 1.807) is 0 Å². The Hall–Kier alpha value is -1.09. The molecular formula is C24H42O7. The highest BCUT2D eigenvalue weighted by molar-refractivity contribution is 5.83. The van der Waals surface area contributed by atoms with E-state index in [0.717, 1.165) is 38.5 Å². The van der Waals surface area contributed by atoms with E-state index in [9.17, 15) is 30.3 Å². The summed E-state index contributed by atoms with van der Waals surface area (Å²) in [5.74, 6) is -0.509. The SMILES string of the molecule is CCCCC/C=C\C/C=C\CCCCCCCC(=O)C(O)[C@H]1O[C@@H](O)[C@H](O)[C@@H](O)[C@@H]1O. The Balaban J connectivity index is 2.07. The van der Waals surface area contributed by atoms with Crippen LogP contribution in [0.1, 0.15) is 84.0 Å². The number of hydrogen-bond donors (Lipinski definition) is 5. The van der Waals surface area contributed by atoms with Crippen LogP contribution in [0.25, 0.3) is 0 Å². The van der Waals surface area contributed by atoms with E-state index < -0.39 is 42.6 Å². The first-order valence-corrected chi connectivity index (χ1v) is 11.8. The van der Waals surface area contributed by atoms with Crippen molar-refractivity contribution in [3.8, 4) is 0 Å². The zero-order valence-corrected chi connectivity index (χ0v) is 18.8. The number of carbonyl (C=O) groups is 1. The minimum atomic E-state index is -1.76. The van der Waals surface area contributed by atoms with Gasteiger partial charge in [-0.15, -0.1) is 0 Å². The normalized spacial score (nSPS) is 27.9. The Kier molecular flexibility index (Phi) is 14.9. The van der Waals surface area contributed by atoms with Crippen molar-refractivity contribution in [1.82, 2.24) is 0 Å². The number of allylic oxidation sites excluding steroid dienone is 4. The Morgan fingerprint density at radius 1 is 0.806 bits per heavy atom. The topological polar surface area (TPSA) is 127 Å². The second kappa shape index (κ2) is 16.5. The molecule has 1 saturated heterocycles. The predicted molar refractivity (Wildman–Crippen MR) is 119 cm³/mol. The summed E-state index contributed by atoms with van der Waals surface area (Å²) in [6.45, 7) is 2.21. The van der Waals surface area contributed by atoms with E-state index in [2.05, 4.69) is 31.2 Å². The Bertz CT molecular complexity index is 534. The van der Waals surface area contributed by atoms with E-state index in [1.165, 1.54) is 25.7 Å². The van der Waals surface area contributed by atoms with Crippen LogP contribution < -0.4 is 0 Å². The molecule has 1 fully saturated rings. The highest BCUT2D eigenvalue weighted by Gasteiger charge is 2.47. The van der Waals surface area contributed by atoms with Gasteiger partial charge < -0.3 is 30.3 Å². The number of ketones is 1. The largest absolute Gasteiger partial charge is 0.387 e. The summed E-state index contributed by atoms with van der Waals surface area (Å²) < 4.78 is 4.91. The van der Waals surface area contributed by atoms with Gasteiger partial charge in [-0.25, -0.2) is 0 Å². The van der Waals surface area contributed by atoms with Crippen molar-refractivity contribution < 1.29 is 35.1 Å². The number of rotatable bonds is 16. The molecule has 1 rings (SSSR count). The maximum Gasteiger partial charge on any atom is 0.184 e. The van der Waals surface area contributed by atoms with Crippen LogP contribution in [-0.2, 0) is 9.53 Å². The predicted octanol–water partition coefficient (Wildman–Crippen LogP) is 2.53. The van der Waals surface area contributed by atoms with Gasteiger partial charge in [-0.3, -0.25) is 4.79 Å². The van der Waals surface area contributed by atoms with E-state index >= 15 is 0 Å². The summed E-state index contributed by atoms with van der Waals surface area (Å²) in [7, 11) is 0. The van der Waals surface area contributed by atoms with Gasteiger partial charge in [-0.05, 0) is 38.5 Å². The van der Waals surface area contributed by atoms with Crippen molar-refractivity contribution in [1.29, 1.82) is 0 Å². The van der Waals surface area contributed by atoms with E-state index in [1.807, 2.05) is 0 Å². The fourth-order valence-corrected chi connectivity index (χ4v) is 3.59. The first-order chi connectivity index (χ1) is 14.9. The van der Waals surface area contributed by atoms with Crippen LogP contribution in [0.3, 0.4) is 0 Å². The van der Waals surface area contributed by atoms with Gasteiger partial charge in [0.25, 0.3) is 0 Å². The van der Waals surface area contributed by atoms with Gasteiger partial charge in [0.05, 0.1) is 0 Å². The summed E-state index contributed by atoms with van der Waals surface area (Å²) in [5.41, 5.74) is 0. The summed E-state index contributed by atoms with van der Waals surface area (Å²) in [4.78, 5) is 12.1. The zero-order valence-electron chi connectivity index (χ0n) is 18.8. The van der Waals surface area contributed by atoms with Crippen LogP contribution in [0.15, 0.2) is 24.3 Å². The highest BCUT2D eigenvalue weighted by atomic mass is 16.6. The smallest absolute Gasteiger partial charge is 0.184 e. The average molecular weight is 443 g/mol. The van der Waals surface area contributed by atoms with Crippen LogP contribution in [-0.4, -0.2) is 68.1 Å². The summed E-state index contributed by atoms with van der Waals surface area (Å²) in [6, 6.07) is 0. The molecule has 1 heterocycles. The summed E-state index contributed by atoms with van der Waals surface area (Å²) >= 11 is 0. The van der Waals surface area contributed by atoms with E-state index in [0.29, 0.717) is 6.42 Å². The van der Waals surface area contributed by atoms with Gasteiger partial charge >= 0.3 is 0 Å². The first-order valence-electron chi connectivity index (χ1n) is 11.8. The number of unbranched alkanes of at least 4 members (excludes halogenated alkanes) is 8. The number of aliphatic hydroxyl groups excluding tert-OH is 5. The molecule has 7 nitrogen and oxygen atoms in total. The molecular weight excluding hydrogens is 400 g/mol. The molecule has 0 amide bonds. The lowest BCUT2D eigenvalue weighted by Gasteiger charge is -2.39. The van der Waals surface area contributed by atoms with Crippen molar-refractivity contribution in [3.63, 3.8) is 0 Å². The molecule has 6 atom stereocenters. The number of carbonyl (C=O) groups excluding carboxylic acids is 1. The van der Waals surface area contributed by atoms with Crippen LogP contribution in [0, 0.1) is 0 Å². The molecule has 0 spiro atoms. The molecule has 0 aromatic carbocycles. The molecule has 1 aliphatic rings. The Morgan fingerprint density at radius 2 is 1.39 bits per heavy atom. The van der Waals surface area contributed by atoms with Crippen molar-refractivity contribution in [3.05, 3.63) is 24.3 Å². The second-order valence-corrected chi connectivity index (χ2v) is 8.35. The zero-order chi connectivity index (χ0) is 23.1. The molecule has 7 heteroatoms. The molecule has 0 radical (unpaired) electrons. The fraction of sp³-hybridized carbons (Fsp3) is 0.792. The lowest BCUT2D eigenvalue weighted by atomic mass is 9.92. The number of hydrogen-bond acceptors (Lipinski definition) is 7. The lowest BCUT2D eigenvalue weighted by Crippen LogP contribution is -2.61. The Labute approximate surface area is 186 Å². The van der Waals surface area contributed by atoms with E-state index in [4.69, 9.17) is 4.74 Å². The monoisotopic (exact) mass is 442 g/mol. The molecule has 180 valence electrons. The van der Waals surface area contributed by atoms with Crippen LogP contribution >= 0.6 is 0 Å². The highest BCUT2D eigenvalue weighted by Crippen LogP contribution is 2.23. The van der Waals surface area contributed by atoms with Crippen molar-refractivity contribution in [2.45, 2.75) is 121 Å². The minimum Gasteiger partial charge on any atom is -0.387 e. The molecule has 1 aliphatic heterocycles. The van der Waals surface area contributed by atoms with Gasteiger partial charge in [0.15, 0.2) is 12.1 Å². The summed E-state index contributed by atoms with van der Waals surface area (Å²) in [5, 5.41) is 48.6. The van der Waals surface area contributed by atoms with Gasteiger partial charge in [-0.1, -0.05) is 63.3 Å². The number of aliphatic hydroxyl groups is 5. The number of ether oxygens (including phenoxy) is 1. The van der Waals surface area contributed by atoms with Crippen molar-refractivity contribution in [2.75, 3.05) is 0 Å². The van der Waals surface area contributed by atoms with Gasteiger partial charge in [0.1, 0.15) is 30.5 Å². The van der Waals surface area contributed by atoms with Crippen LogP contribution in [0.4, 0.5) is 0 Å².